The first-order valence-electron chi connectivity index (χ1n) is 6.52. The molecule has 1 aliphatic rings. The van der Waals surface area contributed by atoms with E-state index in [1.165, 1.54) is 17.0 Å². The maximum atomic E-state index is 13.5. The third-order valence-electron chi connectivity index (χ3n) is 3.13. The van der Waals surface area contributed by atoms with E-state index in [9.17, 15) is 13.6 Å². The fourth-order valence-electron chi connectivity index (χ4n) is 2.06. The van der Waals surface area contributed by atoms with E-state index in [1.807, 2.05) is 0 Å². The molecule has 0 aliphatic carbocycles. The van der Waals surface area contributed by atoms with Crippen LogP contribution in [0.15, 0.2) is 23.4 Å². The highest BCUT2D eigenvalue weighted by Crippen LogP contribution is 2.14. The first kappa shape index (κ1) is 14.9. The second kappa shape index (κ2) is 6.79. The maximum Gasteiger partial charge on any atom is 0.436 e. The quantitative estimate of drug-likeness (QED) is 0.478. The predicted octanol–water partition coefficient (Wildman–Crippen LogP) is 2.81. The minimum atomic E-state index is -0.940. The normalized spacial score (nSPS) is 15.5. The van der Waals surface area contributed by atoms with Crippen molar-refractivity contribution in [3.05, 3.63) is 35.4 Å². The number of nitrogens with zero attached hydrogens (tertiary/aromatic N) is 3. The lowest BCUT2D eigenvalue weighted by Gasteiger charge is -2.24. The van der Waals surface area contributed by atoms with E-state index in [1.54, 1.807) is 0 Å². The Morgan fingerprint density at radius 1 is 1.24 bits per heavy atom. The van der Waals surface area contributed by atoms with Crippen LogP contribution in [0.2, 0.25) is 0 Å². The summed E-state index contributed by atoms with van der Waals surface area (Å²) in [6, 6.07) is 4.70. The van der Waals surface area contributed by atoms with E-state index in [0.717, 1.165) is 31.4 Å². The van der Waals surface area contributed by atoms with Crippen molar-refractivity contribution in [1.29, 1.82) is 5.26 Å². The summed E-state index contributed by atoms with van der Waals surface area (Å²) in [5.74, 6) is -1.88. The van der Waals surface area contributed by atoms with Gasteiger partial charge in [-0.1, -0.05) is 11.2 Å². The van der Waals surface area contributed by atoms with Crippen molar-refractivity contribution < 1.29 is 18.4 Å². The molecule has 1 fully saturated rings. The second-order valence-corrected chi connectivity index (χ2v) is 4.55. The van der Waals surface area contributed by atoms with Gasteiger partial charge < -0.3 is 4.90 Å². The number of hydrogen-bond acceptors (Lipinski definition) is 4. The first-order chi connectivity index (χ1) is 10.1. The van der Waals surface area contributed by atoms with Crippen molar-refractivity contribution in [2.24, 2.45) is 5.16 Å². The Hall–Kier alpha value is -2.49. The molecule has 0 saturated carbocycles. The number of benzene rings is 1. The van der Waals surface area contributed by atoms with E-state index >= 15 is 0 Å². The fraction of sp³-hybridized carbons (Fsp3) is 0.357. The zero-order valence-electron chi connectivity index (χ0n) is 11.2. The first-order valence-corrected chi connectivity index (χ1v) is 6.52. The number of nitriles is 1. The highest BCUT2D eigenvalue weighted by molar-refractivity contribution is 6.11. The van der Waals surface area contributed by atoms with Crippen molar-refractivity contribution in [3.8, 4) is 6.07 Å². The Bertz CT molecular complexity index is 584. The monoisotopic (exact) mass is 293 g/mol. The molecule has 1 aromatic carbocycles. The van der Waals surface area contributed by atoms with E-state index in [4.69, 9.17) is 5.26 Å². The molecule has 0 unspecified atom stereocenters. The summed E-state index contributed by atoms with van der Waals surface area (Å²) in [6.45, 7) is 1.09. The van der Waals surface area contributed by atoms with Crippen LogP contribution in [0.4, 0.5) is 13.6 Å². The van der Waals surface area contributed by atoms with Crippen LogP contribution in [-0.2, 0) is 4.84 Å². The SMILES string of the molecule is N#CC(=NOC(=O)N1CCCCC1)c1c(F)cccc1F. The summed E-state index contributed by atoms with van der Waals surface area (Å²) in [6.07, 6.45) is 2.05. The molecule has 0 aromatic heterocycles. The Morgan fingerprint density at radius 2 is 1.86 bits per heavy atom. The molecular formula is C14H13F2N3O2. The smallest absolute Gasteiger partial charge is 0.306 e. The number of halogens is 2. The van der Waals surface area contributed by atoms with Gasteiger partial charge in [-0.3, -0.25) is 4.84 Å². The summed E-state index contributed by atoms with van der Waals surface area (Å²) in [7, 11) is 0. The molecule has 1 saturated heterocycles. The Balaban J connectivity index is 2.14. The zero-order valence-corrected chi connectivity index (χ0v) is 11.2. The van der Waals surface area contributed by atoms with Crippen LogP contribution in [0.1, 0.15) is 24.8 Å². The lowest BCUT2D eigenvalue weighted by Crippen LogP contribution is -2.35. The molecule has 21 heavy (non-hydrogen) atoms. The molecule has 110 valence electrons. The van der Waals surface area contributed by atoms with E-state index in [0.29, 0.717) is 13.1 Å². The Labute approximate surface area is 120 Å². The largest absolute Gasteiger partial charge is 0.436 e. The van der Waals surface area contributed by atoms with Crippen molar-refractivity contribution in [2.75, 3.05) is 13.1 Å². The summed E-state index contributed by atoms with van der Waals surface area (Å²) >= 11 is 0. The third-order valence-corrected chi connectivity index (χ3v) is 3.13. The third kappa shape index (κ3) is 3.54. The standard InChI is InChI=1S/C14H13F2N3O2/c15-10-5-4-6-11(16)13(10)12(9-17)18-21-14(20)19-7-2-1-3-8-19/h4-6H,1-3,7-8H2. The lowest BCUT2D eigenvalue weighted by molar-refractivity contribution is 0.0983. The molecule has 0 radical (unpaired) electrons. The molecule has 0 bridgehead atoms. The van der Waals surface area contributed by atoms with Gasteiger partial charge in [-0.15, -0.1) is 0 Å². The lowest BCUT2D eigenvalue weighted by atomic mass is 10.1. The van der Waals surface area contributed by atoms with Crippen LogP contribution in [-0.4, -0.2) is 29.8 Å². The van der Waals surface area contributed by atoms with E-state index < -0.39 is 29.0 Å². The van der Waals surface area contributed by atoms with Crippen molar-refractivity contribution in [3.63, 3.8) is 0 Å². The van der Waals surface area contributed by atoms with Crippen LogP contribution < -0.4 is 0 Å². The average Bonchev–Trinajstić information content (AvgIpc) is 2.50. The highest BCUT2D eigenvalue weighted by Gasteiger charge is 2.20. The van der Waals surface area contributed by atoms with Crippen molar-refractivity contribution in [1.82, 2.24) is 4.90 Å². The molecule has 7 heteroatoms. The van der Waals surface area contributed by atoms with E-state index in [2.05, 4.69) is 9.99 Å². The van der Waals surface area contributed by atoms with Crippen LogP contribution in [0.3, 0.4) is 0 Å². The summed E-state index contributed by atoms with van der Waals surface area (Å²) in [5, 5.41) is 12.2. The van der Waals surface area contributed by atoms with Gasteiger partial charge in [-0.25, -0.2) is 13.6 Å². The summed E-state index contributed by atoms with van der Waals surface area (Å²) < 4.78 is 27.1. The minimum Gasteiger partial charge on any atom is -0.306 e. The molecule has 2 rings (SSSR count). The van der Waals surface area contributed by atoms with Crippen molar-refractivity contribution in [2.45, 2.75) is 19.3 Å². The number of carbonyl (C=O) groups excluding carboxylic acids is 1. The minimum absolute atomic E-state index is 0.546. The fourth-order valence-corrected chi connectivity index (χ4v) is 2.06. The van der Waals surface area contributed by atoms with Crippen molar-refractivity contribution >= 4 is 11.8 Å². The van der Waals surface area contributed by atoms with Crippen LogP contribution >= 0.6 is 0 Å². The highest BCUT2D eigenvalue weighted by atomic mass is 19.1. The molecule has 1 aliphatic heterocycles. The number of rotatable bonds is 2. The number of piperidine rings is 1. The molecule has 0 atom stereocenters. The molecular weight excluding hydrogens is 280 g/mol. The van der Waals surface area contributed by atoms with Gasteiger partial charge in [0.15, 0.2) is 5.71 Å². The topological polar surface area (TPSA) is 65.7 Å². The Kier molecular flexibility index (Phi) is 4.82. The summed E-state index contributed by atoms with van der Waals surface area (Å²) in [4.78, 5) is 17.8. The number of amides is 1. The number of hydrogen-bond donors (Lipinski definition) is 0. The average molecular weight is 293 g/mol. The number of carbonyl (C=O) groups is 1. The molecule has 1 aromatic rings. The number of likely N-dealkylation sites (tertiary alicyclic amines) is 1. The van der Waals surface area contributed by atoms with Crippen LogP contribution in [0.5, 0.6) is 0 Å². The van der Waals surface area contributed by atoms with Gasteiger partial charge in [0.05, 0.1) is 5.56 Å². The molecule has 0 spiro atoms. The maximum absolute atomic E-state index is 13.5. The zero-order chi connectivity index (χ0) is 15.2. The van der Waals surface area contributed by atoms with Gasteiger partial charge in [-0.2, -0.15) is 5.26 Å². The van der Waals surface area contributed by atoms with Gasteiger partial charge in [0.25, 0.3) is 0 Å². The van der Waals surface area contributed by atoms with E-state index in [-0.39, 0.29) is 0 Å². The van der Waals surface area contributed by atoms with Gasteiger partial charge in [0, 0.05) is 13.1 Å². The van der Waals surface area contributed by atoms with Crippen LogP contribution in [0, 0.1) is 23.0 Å². The molecule has 0 N–H and O–H groups in total. The predicted molar refractivity (Wildman–Crippen MR) is 70.4 cm³/mol. The molecule has 5 nitrogen and oxygen atoms in total. The van der Waals surface area contributed by atoms with Crippen LogP contribution in [0.25, 0.3) is 0 Å². The number of oxime groups is 1. The van der Waals surface area contributed by atoms with Gasteiger partial charge >= 0.3 is 6.09 Å². The van der Waals surface area contributed by atoms with Gasteiger partial charge in [0.1, 0.15) is 17.7 Å². The Morgan fingerprint density at radius 3 is 2.43 bits per heavy atom. The van der Waals surface area contributed by atoms with Gasteiger partial charge in [0.2, 0.25) is 0 Å². The van der Waals surface area contributed by atoms with Gasteiger partial charge in [-0.05, 0) is 31.4 Å². The second-order valence-electron chi connectivity index (χ2n) is 4.55. The molecule has 1 heterocycles. The molecule has 1 amide bonds. The summed E-state index contributed by atoms with van der Waals surface area (Å²) in [5.41, 5.74) is -1.22.